The molecule has 0 fully saturated rings. The number of amides is 1. The number of rotatable bonds is 13. The Kier molecular flexibility index (Phi) is 11.9. The van der Waals surface area contributed by atoms with Crippen LogP contribution in [0.25, 0.3) is 0 Å². The third kappa shape index (κ3) is 11.3. The minimum atomic E-state index is 0.107. The molecule has 0 aliphatic carbocycles. The topological polar surface area (TPSA) is 29.1 Å². The summed E-state index contributed by atoms with van der Waals surface area (Å²) in [6.45, 7) is 9.34. The molecule has 120 valence electrons. The molecule has 0 heterocycles. The highest BCUT2D eigenvalue weighted by molar-refractivity contribution is 5.72. The normalized spacial score (nSPS) is 14.0. The van der Waals surface area contributed by atoms with Crippen molar-refractivity contribution in [2.45, 2.75) is 98.3 Å². The van der Waals surface area contributed by atoms with Gasteiger partial charge in [-0.3, -0.25) is 4.79 Å². The number of unbranched alkanes of at least 4 members (excludes halogenated alkanes) is 7. The van der Waals surface area contributed by atoms with Crippen molar-refractivity contribution >= 4 is 5.91 Å². The van der Waals surface area contributed by atoms with Crippen molar-refractivity contribution < 1.29 is 4.79 Å². The van der Waals surface area contributed by atoms with Gasteiger partial charge < -0.3 is 5.32 Å². The average Bonchev–Trinajstić information content (AvgIpc) is 2.42. The predicted octanol–water partition coefficient (Wildman–Crippen LogP) is 5.46. The van der Waals surface area contributed by atoms with Crippen LogP contribution in [-0.4, -0.2) is 12.5 Å². The van der Waals surface area contributed by atoms with Crippen LogP contribution in [0.2, 0.25) is 0 Å². The molecule has 0 aromatic rings. The van der Waals surface area contributed by atoms with Gasteiger partial charge in [0.2, 0.25) is 5.91 Å². The molecule has 0 spiro atoms. The summed E-state index contributed by atoms with van der Waals surface area (Å²) < 4.78 is 0. The predicted molar refractivity (Wildman–Crippen MR) is 88.9 cm³/mol. The zero-order chi connectivity index (χ0) is 15.3. The van der Waals surface area contributed by atoms with E-state index in [1.165, 1.54) is 70.6 Å². The van der Waals surface area contributed by atoms with Gasteiger partial charge in [-0.1, -0.05) is 78.6 Å². The largest absolute Gasteiger partial charge is 0.356 e. The van der Waals surface area contributed by atoms with Crippen molar-refractivity contribution in [2.24, 2.45) is 5.41 Å². The minimum Gasteiger partial charge on any atom is -0.356 e. The van der Waals surface area contributed by atoms with Crippen LogP contribution in [-0.2, 0) is 4.79 Å². The fraction of sp³-hybridized carbons (Fsp3) is 0.944. The molecule has 20 heavy (non-hydrogen) atoms. The monoisotopic (exact) mass is 283 g/mol. The Morgan fingerprint density at radius 2 is 1.30 bits per heavy atom. The number of carbonyl (C=O) groups excluding carboxylic acids is 1. The summed E-state index contributed by atoms with van der Waals surface area (Å²) in [7, 11) is 0. The Hall–Kier alpha value is -0.530. The average molecular weight is 283 g/mol. The van der Waals surface area contributed by atoms with E-state index in [-0.39, 0.29) is 5.91 Å². The van der Waals surface area contributed by atoms with Gasteiger partial charge in [0.05, 0.1) is 0 Å². The summed E-state index contributed by atoms with van der Waals surface area (Å²) in [6.07, 6.45) is 14.5. The first-order valence-electron chi connectivity index (χ1n) is 8.78. The summed E-state index contributed by atoms with van der Waals surface area (Å²) in [5.41, 5.74) is 0.297. The van der Waals surface area contributed by atoms with Crippen LogP contribution in [0.1, 0.15) is 98.3 Å². The van der Waals surface area contributed by atoms with Crippen molar-refractivity contribution in [3.8, 4) is 0 Å². The van der Waals surface area contributed by atoms with Crippen molar-refractivity contribution in [1.29, 1.82) is 0 Å². The molecule has 0 radical (unpaired) electrons. The van der Waals surface area contributed by atoms with Gasteiger partial charge in [0.25, 0.3) is 0 Å². The van der Waals surface area contributed by atoms with Crippen LogP contribution in [0.4, 0.5) is 0 Å². The molecule has 1 N–H and O–H groups in total. The first-order chi connectivity index (χ1) is 9.54. The van der Waals surface area contributed by atoms with Crippen LogP contribution in [0, 0.1) is 5.41 Å². The molecular formula is C18H37NO. The molecule has 2 heteroatoms. The van der Waals surface area contributed by atoms with Crippen LogP contribution in [0.3, 0.4) is 0 Å². The zero-order valence-corrected chi connectivity index (χ0v) is 14.4. The van der Waals surface area contributed by atoms with E-state index in [9.17, 15) is 4.79 Å². The van der Waals surface area contributed by atoms with E-state index in [0.717, 1.165) is 6.54 Å². The van der Waals surface area contributed by atoms with Gasteiger partial charge in [-0.15, -0.1) is 0 Å². The highest BCUT2D eigenvalue weighted by Gasteiger charge is 2.23. The number of nitrogens with one attached hydrogen (secondary N) is 1. The third-order valence-electron chi connectivity index (χ3n) is 4.28. The van der Waals surface area contributed by atoms with Crippen LogP contribution in [0.5, 0.6) is 0 Å². The molecule has 0 saturated carbocycles. The van der Waals surface area contributed by atoms with Crippen molar-refractivity contribution in [3.63, 3.8) is 0 Å². The third-order valence-corrected chi connectivity index (χ3v) is 4.28. The quantitative estimate of drug-likeness (QED) is 0.447. The summed E-state index contributed by atoms with van der Waals surface area (Å²) in [5, 5.41) is 3.04. The van der Waals surface area contributed by atoms with E-state index in [1.807, 2.05) is 0 Å². The van der Waals surface area contributed by atoms with Crippen molar-refractivity contribution in [2.75, 3.05) is 6.54 Å². The van der Waals surface area contributed by atoms with Crippen LogP contribution < -0.4 is 5.32 Å². The highest BCUT2D eigenvalue weighted by atomic mass is 16.1. The van der Waals surface area contributed by atoms with E-state index in [4.69, 9.17) is 0 Å². The molecule has 0 saturated heterocycles. The van der Waals surface area contributed by atoms with Gasteiger partial charge in [0, 0.05) is 13.5 Å². The molecule has 1 unspecified atom stereocenters. The summed E-state index contributed by atoms with van der Waals surface area (Å²) in [4.78, 5) is 11.2. The summed E-state index contributed by atoms with van der Waals surface area (Å²) in [6, 6.07) is 0. The van der Waals surface area contributed by atoms with Gasteiger partial charge in [0.15, 0.2) is 0 Å². The first-order valence-corrected chi connectivity index (χ1v) is 8.78. The molecule has 0 aromatic heterocycles. The Morgan fingerprint density at radius 3 is 1.75 bits per heavy atom. The second-order valence-corrected chi connectivity index (χ2v) is 6.70. The van der Waals surface area contributed by atoms with Gasteiger partial charge in [-0.25, -0.2) is 0 Å². The molecule has 2 nitrogen and oxygen atoms in total. The zero-order valence-electron chi connectivity index (χ0n) is 14.4. The fourth-order valence-corrected chi connectivity index (χ4v) is 2.77. The van der Waals surface area contributed by atoms with Gasteiger partial charge >= 0.3 is 0 Å². The van der Waals surface area contributed by atoms with Gasteiger partial charge in [0.1, 0.15) is 0 Å². The first kappa shape index (κ1) is 19.5. The van der Waals surface area contributed by atoms with E-state index in [0.29, 0.717) is 5.41 Å². The van der Waals surface area contributed by atoms with E-state index in [2.05, 4.69) is 26.1 Å². The number of hydrogen-bond acceptors (Lipinski definition) is 1. The standard InChI is InChI=1S/C18H37NO/c1-5-7-9-11-13-15-18(4,16-19-17(3)20)14-12-10-8-6-2/h5-16H2,1-4H3,(H,19,20). The highest BCUT2D eigenvalue weighted by Crippen LogP contribution is 2.30. The Balaban J connectivity index is 4.05. The molecule has 0 aromatic carbocycles. The lowest BCUT2D eigenvalue weighted by Crippen LogP contribution is -2.34. The van der Waals surface area contributed by atoms with Gasteiger partial charge in [-0.2, -0.15) is 0 Å². The molecule has 1 amide bonds. The van der Waals surface area contributed by atoms with Crippen LogP contribution in [0.15, 0.2) is 0 Å². The lowest BCUT2D eigenvalue weighted by molar-refractivity contribution is -0.119. The Morgan fingerprint density at radius 1 is 0.850 bits per heavy atom. The minimum absolute atomic E-state index is 0.107. The second-order valence-electron chi connectivity index (χ2n) is 6.70. The number of hydrogen-bond donors (Lipinski definition) is 1. The maximum atomic E-state index is 11.2. The maximum absolute atomic E-state index is 11.2. The van der Waals surface area contributed by atoms with Crippen LogP contribution >= 0.6 is 0 Å². The fourth-order valence-electron chi connectivity index (χ4n) is 2.77. The van der Waals surface area contributed by atoms with E-state index in [1.54, 1.807) is 6.92 Å². The molecule has 0 rings (SSSR count). The maximum Gasteiger partial charge on any atom is 0.216 e. The summed E-state index contributed by atoms with van der Waals surface area (Å²) >= 11 is 0. The SMILES string of the molecule is CCCCCCCC(C)(CCCCCC)CNC(C)=O. The van der Waals surface area contributed by atoms with Crippen molar-refractivity contribution in [1.82, 2.24) is 5.32 Å². The Bertz CT molecular complexity index is 240. The second kappa shape index (κ2) is 12.2. The Labute approximate surface area is 127 Å². The van der Waals surface area contributed by atoms with Crippen molar-refractivity contribution in [3.05, 3.63) is 0 Å². The molecule has 0 bridgehead atoms. The lowest BCUT2D eigenvalue weighted by atomic mass is 9.79. The number of carbonyl (C=O) groups is 1. The van der Waals surface area contributed by atoms with E-state index < -0.39 is 0 Å². The smallest absolute Gasteiger partial charge is 0.216 e. The summed E-state index contributed by atoms with van der Waals surface area (Å²) in [5.74, 6) is 0.107. The molecule has 0 aliphatic heterocycles. The van der Waals surface area contributed by atoms with Gasteiger partial charge in [-0.05, 0) is 18.3 Å². The van der Waals surface area contributed by atoms with E-state index >= 15 is 0 Å². The molecular weight excluding hydrogens is 246 g/mol. The molecule has 1 atom stereocenters. The molecule has 0 aliphatic rings. The lowest BCUT2D eigenvalue weighted by Gasteiger charge is -2.30.